The highest BCUT2D eigenvalue weighted by Gasteiger charge is 2.27. The van der Waals surface area contributed by atoms with Crippen LogP contribution in [0.15, 0.2) is 22.9 Å². The van der Waals surface area contributed by atoms with E-state index in [0.29, 0.717) is 22.9 Å². The number of nitrogens with zero attached hydrogens (tertiary/aromatic N) is 11. The van der Waals surface area contributed by atoms with E-state index in [1.807, 2.05) is 27.7 Å². The van der Waals surface area contributed by atoms with Gasteiger partial charge in [-0.05, 0) is 13.8 Å². The van der Waals surface area contributed by atoms with Crippen LogP contribution in [0, 0.1) is 20.4 Å². The Morgan fingerprint density at radius 1 is 1.07 bits per heavy atom. The largest absolute Gasteiger partial charge is 0.324 e. The molecule has 0 spiro atoms. The molecular weight excluding hydrogens is 372 g/mol. The van der Waals surface area contributed by atoms with E-state index in [-0.39, 0.29) is 22.9 Å². The molecule has 4 heterocycles. The summed E-state index contributed by atoms with van der Waals surface area (Å²) in [6.07, 6.45) is 2.70. The predicted octanol–water partition coefficient (Wildman–Crippen LogP) is 3.31. The molecule has 0 bridgehead atoms. The van der Waals surface area contributed by atoms with E-state index in [1.165, 1.54) is 22.0 Å². The Bertz CT molecular complexity index is 1260. The third-order valence-corrected chi connectivity index (χ3v) is 4.13. The minimum atomic E-state index is -0.288. The molecule has 4 aromatic rings. The molecule has 1 N–H and O–H groups in total. The van der Waals surface area contributed by atoms with Gasteiger partial charge in [-0.3, -0.25) is 0 Å². The Labute approximate surface area is 165 Å². The lowest BCUT2D eigenvalue weighted by Crippen LogP contribution is -2.12. The van der Waals surface area contributed by atoms with Crippen LogP contribution in [0.2, 0.25) is 0 Å². The molecule has 0 radical (unpaired) electrons. The fourth-order valence-corrected chi connectivity index (χ4v) is 2.83. The third-order valence-electron chi connectivity index (χ3n) is 4.13. The zero-order valence-corrected chi connectivity index (χ0v) is 16.6. The van der Waals surface area contributed by atoms with Gasteiger partial charge in [0.15, 0.2) is 17.2 Å². The molecular formula is C17H18N12. The van der Waals surface area contributed by atoms with Crippen LogP contribution >= 0.6 is 0 Å². The topological polar surface area (TPSA) is 132 Å². The molecule has 0 aliphatic heterocycles. The summed E-state index contributed by atoms with van der Waals surface area (Å²) in [4.78, 5) is 18.7. The molecule has 0 saturated carbocycles. The first kappa shape index (κ1) is 18.4. The Balaban J connectivity index is 1.91. The van der Waals surface area contributed by atoms with E-state index >= 15 is 0 Å². The van der Waals surface area contributed by atoms with Crippen LogP contribution in [0.5, 0.6) is 0 Å². The lowest BCUT2D eigenvalue weighted by atomic mass is 9.91. The molecule has 12 nitrogen and oxygen atoms in total. The highest BCUT2D eigenvalue weighted by Crippen LogP contribution is 2.37. The number of aromatic amines is 1. The molecule has 0 aliphatic rings. The van der Waals surface area contributed by atoms with E-state index in [9.17, 15) is 0 Å². The average molecular weight is 390 g/mol. The minimum Gasteiger partial charge on any atom is -0.324 e. The fraction of sp³-hybridized carbons (Fsp3) is 0.353. The Morgan fingerprint density at radius 2 is 1.79 bits per heavy atom. The Kier molecular flexibility index (Phi) is 4.15. The molecule has 0 fully saturated rings. The number of hydrogen-bond acceptors (Lipinski definition) is 8. The number of azo groups is 1. The summed E-state index contributed by atoms with van der Waals surface area (Å²) in [7, 11) is 0. The van der Waals surface area contributed by atoms with Crippen LogP contribution in [-0.4, -0.2) is 44.5 Å². The lowest BCUT2D eigenvalue weighted by Gasteiger charge is -2.15. The van der Waals surface area contributed by atoms with Crippen LogP contribution in [0.3, 0.4) is 0 Å². The maximum atomic E-state index is 7.51. The zero-order chi connectivity index (χ0) is 20.8. The second-order valence-electron chi connectivity index (χ2n) is 7.42. The van der Waals surface area contributed by atoms with Crippen LogP contribution in [0.4, 0.5) is 17.2 Å². The Hall–Kier alpha value is -4.01. The summed E-state index contributed by atoms with van der Waals surface area (Å²) >= 11 is 0. The zero-order valence-electron chi connectivity index (χ0n) is 16.6. The standard InChI is InChI=1S/C17H18N12/c1-9-11(18-6)15(28(25-9)16-20-7-19-8-21-16)24-23-12-13(17(3,4)5)27-29-14(12)22-10(2)26-29/h7-8H,1-5H3,(H,22,26)/b24-23+. The second kappa shape index (κ2) is 6.55. The number of rotatable bonds is 3. The van der Waals surface area contributed by atoms with Gasteiger partial charge in [0.2, 0.25) is 0 Å². The summed E-state index contributed by atoms with van der Waals surface area (Å²) < 4.78 is 2.89. The van der Waals surface area contributed by atoms with Gasteiger partial charge in [0.05, 0.1) is 18.0 Å². The summed E-state index contributed by atoms with van der Waals surface area (Å²) in [6.45, 7) is 17.2. The van der Waals surface area contributed by atoms with Gasteiger partial charge < -0.3 is 4.98 Å². The molecule has 4 rings (SSSR count). The molecule has 146 valence electrons. The van der Waals surface area contributed by atoms with Crippen molar-refractivity contribution in [3.05, 3.63) is 41.3 Å². The van der Waals surface area contributed by atoms with Crippen molar-refractivity contribution in [2.24, 2.45) is 10.2 Å². The van der Waals surface area contributed by atoms with Crippen molar-refractivity contribution >= 4 is 22.8 Å². The first-order valence-corrected chi connectivity index (χ1v) is 8.77. The number of nitrogens with one attached hydrogen (secondary N) is 1. The number of fused-ring (bicyclic) bond motifs is 1. The van der Waals surface area contributed by atoms with Gasteiger partial charge in [0.25, 0.3) is 11.6 Å². The number of aromatic nitrogens is 9. The van der Waals surface area contributed by atoms with Gasteiger partial charge in [-0.2, -0.15) is 24.8 Å². The third kappa shape index (κ3) is 3.12. The first-order chi connectivity index (χ1) is 13.8. The smallest absolute Gasteiger partial charge is 0.255 e. The molecule has 0 aliphatic carbocycles. The van der Waals surface area contributed by atoms with Crippen molar-refractivity contribution in [3.8, 4) is 5.95 Å². The van der Waals surface area contributed by atoms with Crippen LogP contribution in [-0.2, 0) is 5.41 Å². The summed E-state index contributed by atoms with van der Waals surface area (Å²) in [5.41, 5.74) is 2.40. The fourth-order valence-electron chi connectivity index (χ4n) is 2.83. The van der Waals surface area contributed by atoms with E-state index in [4.69, 9.17) is 6.57 Å². The number of aryl methyl sites for hydroxylation is 2. The van der Waals surface area contributed by atoms with E-state index in [1.54, 1.807) is 6.92 Å². The summed E-state index contributed by atoms with van der Waals surface area (Å²) in [5.74, 6) is 1.19. The predicted molar refractivity (Wildman–Crippen MR) is 103 cm³/mol. The van der Waals surface area contributed by atoms with Crippen molar-refractivity contribution < 1.29 is 0 Å². The normalized spacial score (nSPS) is 12.1. The van der Waals surface area contributed by atoms with E-state index < -0.39 is 0 Å². The number of H-pyrrole nitrogens is 1. The van der Waals surface area contributed by atoms with Gasteiger partial charge in [-0.1, -0.05) is 20.8 Å². The maximum absolute atomic E-state index is 7.51. The highest BCUT2D eigenvalue weighted by atomic mass is 15.5. The molecule has 12 heteroatoms. The summed E-state index contributed by atoms with van der Waals surface area (Å²) in [5, 5.41) is 22.0. The molecule has 0 unspecified atom stereocenters. The van der Waals surface area contributed by atoms with Crippen LogP contribution < -0.4 is 0 Å². The van der Waals surface area contributed by atoms with Crippen molar-refractivity contribution in [3.63, 3.8) is 0 Å². The van der Waals surface area contributed by atoms with E-state index in [2.05, 4.69) is 50.3 Å². The Morgan fingerprint density at radius 3 is 2.45 bits per heavy atom. The van der Waals surface area contributed by atoms with Gasteiger partial charge in [0.1, 0.15) is 18.5 Å². The summed E-state index contributed by atoms with van der Waals surface area (Å²) in [6, 6.07) is 0. The molecule has 0 amide bonds. The quantitative estimate of drug-likeness (QED) is 0.422. The van der Waals surface area contributed by atoms with Gasteiger partial charge in [0, 0.05) is 5.41 Å². The van der Waals surface area contributed by atoms with Gasteiger partial charge >= 0.3 is 0 Å². The monoisotopic (exact) mass is 390 g/mol. The second-order valence-corrected chi connectivity index (χ2v) is 7.42. The van der Waals surface area contributed by atoms with Crippen LogP contribution in [0.25, 0.3) is 16.4 Å². The number of hydrogen-bond donors (Lipinski definition) is 1. The maximum Gasteiger partial charge on any atom is 0.255 e. The van der Waals surface area contributed by atoms with Gasteiger partial charge in [-0.25, -0.2) is 9.83 Å². The molecule has 4 aromatic heterocycles. The van der Waals surface area contributed by atoms with Crippen molar-refractivity contribution in [1.82, 2.24) is 44.5 Å². The first-order valence-electron chi connectivity index (χ1n) is 8.77. The van der Waals surface area contributed by atoms with Crippen molar-refractivity contribution in [2.45, 2.75) is 40.0 Å². The van der Waals surface area contributed by atoms with E-state index in [0.717, 1.165) is 5.69 Å². The molecule has 0 saturated heterocycles. The molecule has 0 atom stereocenters. The lowest BCUT2D eigenvalue weighted by molar-refractivity contribution is 0.557. The molecule has 0 aromatic carbocycles. The van der Waals surface area contributed by atoms with Gasteiger partial charge in [-0.15, -0.1) is 20.0 Å². The van der Waals surface area contributed by atoms with Crippen molar-refractivity contribution in [2.75, 3.05) is 0 Å². The minimum absolute atomic E-state index is 0.235. The van der Waals surface area contributed by atoms with Crippen LogP contribution in [0.1, 0.15) is 38.0 Å². The average Bonchev–Trinajstić information content (AvgIpc) is 3.30. The molecule has 29 heavy (non-hydrogen) atoms. The highest BCUT2D eigenvalue weighted by molar-refractivity contribution is 5.70. The van der Waals surface area contributed by atoms with Crippen molar-refractivity contribution in [1.29, 1.82) is 0 Å². The SMILES string of the molecule is [C-]#[N+]c1c(C)nn(-c2ncncn2)c1/N=N/c1c(C(C)(C)C)nn2nc(C)[nH]c12.